The number of carbonyl (C=O) groups is 1. The van der Waals surface area contributed by atoms with Crippen LogP contribution in [-0.4, -0.2) is 41.7 Å². The van der Waals surface area contributed by atoms with E-state index >= 15 is 0 Å². The molecule has 0 saturated carbocycles. The highest BCUT2D eigenvalue weighted by Gasteiger charge is 2.20. The number of benzene rings is 1. The molecular formula is C13H15N3O4. The number of anilines is 1. The van der Waals surface area contributed by atoms with Gasteiger partial charge in [0.15, 0.2) is 5.58 Å². The highest BCUT2D eigenvalue weighted by Crippen LogP contribution is 2.19. The Hall–Kier alpha value is -2.28. The molecule has 1 fully saturated rings. The normalized spacial score (nSPS) is 15.7. The van der Waals surface area contributed by atoms with Crippen molar-refractivity contribution in [2.24, 2.45) is 0 Å². The topological polar surface area (TPSA) is 90.7 Å². The number of amides is 1. The molecule has 1 saturated heterocycles. The molecule has 0 atom stereocenters. The predicted octanol–water partition coefficient (Wildman–Crippen LogP) is 0.0355. The number of morpholine rings is 1. The van der Waals surface area contributed by atoms with Gasteiger partial charge in [-0.1, -0.05) is 6.07 Å². The molecule has 1 aliphatic heterocycles. The Kier molecular flexibility index (Phi) is 3.19. The molecule has 2 heterocycles. The summed E-state index contributed by atoms with van der Waals surface area (Å²) in [5.74, 6) is -0.708. The van der Waals surface area contributed by atoms with Gasteiger partial charge in [-0.2, -0.15) is 0 Å². The lowest BCUT2D eigenvalue weighted by Gasteiger charge is -2.26. The number of nitrogens with zero attached hydrogens (tertiary/aromatic N) is 2. The van der Waals surface area contributed by atoms with Crippen molar-refractivity contribution in [1.82, 2.24) is 9.47 Å². The van der Waals surface area contributed by atoms with Crippen molar-refractivity contribution < 1.29 is 13.9 Å². The fourth-order valence-corrected chi connectivity index (χ4v) is 2.34. The van der Waals surface area contributed by atoms with Crippen LogP contribution in [0.15, 0.2) is 27.4 Å². The van der Waals surface area contributed by atoms with E-state index in [1.165, 1.54) is 4.57 Å². The lowest BCUT2D eigenvalue weighted by atomic mass is 10.3. The average molecular weight is 277 g/mol. The fourth-order valence-electron chi connectivity index (χ4n) is 2.34. The summed E-state index contributed by atoms with van der Waals surface area (Å²) in [5, 5.41) is 0. The van der Waals surface area contributed by atoms with Crippen LogP contribution in [0.4, 0.5) is 5.69 Å². The molecule has 0 bridgehead atoms. The van der Waals surface area contributed by atoms with Crippen LogP contribution in [-0.2, 0) is 16.1 Å². The molecule has 0 radical (unpaired) electrons. The van der Waals surface area contributed by atoms with Gasteiger partial charge in [-0.25, -0.2) is 4.79 Å². The van der Waals surface area contributed by atoms with Crippen molar-refractivity contribution in [2.45, 2.75) is 6.54 Å². The third kappa shape index (κ3) is 2.16. The number of hydrogen-bond acceptors (Lipinski definition) is 5. The van der Waals surface area contributed by atoms with E-state index in [0.717, 1.165) is 0 Å². The molecular weight excluding hydrogens is 262 g/mol. The van der Waals surface area contributed by atoms with E-state index in [0.29, 0.717) is 43.1 Å². The number of para-hydroxylation sites is 1. The zero-order valence-corrected chi connectivity index (χ0v) is 10.9. The van der Waals surface area contributed by atoms with E-state index in [1.807, 2.05) is 0 Å². The maximum Gasteiger partial charge on any atom is 0.420 e. The molecule has 7 heteroatoms. The minimum Gasteiger partial charge on any atom is -0.408 e. The molecule has 1 amide bonds. The molecule has 7 nitrogen and oxygen atoms in total. The number of rotatable bonds is 2. The summed E-state index contributed by atoms with van der Waals surface area (Å²) in [6, 6.07) is 5.03. The lowest BCUT2D eigenvalue weighted by molar-refractivity contribution is -0.135. The van der Waals surface area contributed by atoms with Crippen molar-refractivity contribution in [3.05, 3.63) is 28.7 Å². The number of carbonyl (C=O) groups excluding carboxylic acids is 1. The van der Waals surface area contributed by atoms with Gasteiger partial charge >= 0.3 is 5.76 Å². The van der Waals surface area contributed by atoms with Gasteiger partial charge in [-0.3, -0.25) is 9.36 Å². The quantitative estimate of drug-likeness (QED) is 0.782. The lowest BCUT2D eigenvalue weighted by Crippen LogP contribution is -2.43. The monoisotopic (exact) mass is 277 g/mol. The molecule has 1 aromatic carbocycles. The molecule has 2 aromatic rings. The Morgan fingerprint density at radius 1 is 1.30 bits per heavy atom. The maximum absolute atomic E-state index is 12.2. The van der Waals surface area contributed by atoms with Crippen LogP contribution in [0, 0.1) is 0 Å². The Labute approximate surface area is 114 Å². The Morgan fingerprint density at radius 3 is 2.80 bits per heavy atom. The van der Waals surface area contributed by atoms with Crippen molar-refractivity contribution in [1.29, 1.82) is 0 Å². The van der Waals surface area contributed by atoms with Gasteiger partial charge in [0, 0.05) is 13.1 Å². The average Bonchev–Trinajstić information content (AvgIpc) is 2.77. The zero-order chi connectivity index (χ0) is 14.1. The van der Waals surface area contributed by atoms with Gasteiger partial charge in [0.05, 0.1) is 18.9 Å². The second-order valence-electron chi connectivity index (χ2n) is 4.64. The smallest absolute Gasteiger partial charge is 0.408 e. The predicted molar refractivity (Wildman–Crippen MR) is 72.3 cm³/mol. The minimum absolute atomic E-state index is 0.0694. The first-order chi connectivity index (χ1) is 9.66. The molecule has 20 heavy (non-hydrogen) atoms. The zero-order valence-electron chi connectivity index (χ0n) is 10.9. The Bertz CT molecular complexity index is 697. The number of fused-ring (bicyclic) bond motifs is 1. The van der Waals surface area contributed by atoms with Crippen LogP contribution in [0.2, 0.25) is 0 Å². The van der Waals surface area contributed by atoms with Crippen LogP contribution in [0.3, 0.4) is 0 Å². The Morgan fingerprint density at radius 2 is 2.05 bits per heavy atom. The molecule has 0 unspecified atom stereocenters. The number of ether oxygens (including phenoxy) is 1. The largest absolute Gasteiger partial charge is 0.420 e. The standard InChI is InChI=1S/C13H15N3O4/c14-9-2-1-3-10-12(9)16(13(18)20-10)8-11(17)15-4-6-19-7-5-15/h1-3H,4-8,14H2. The van der Waals surface area contributed by atoms with Crippen molar-refractivity contribution in [3.63, 3.8) is 0 Å². The van der Waals surface area contributed by atoms with E-state index in [9.17, 15) is 9.59 Å². The first-order valence-electron chi connectivity index (χ1n) is 6.40. The van der Waals surface area contributed by atoms with Gasteiger partial charge in [-0.05, 0) is 12.1 Å². The van der Waals surface area contributed by atoms with E-state index in [2.05, 4.69) is 0 Å². The first kappa shape index (κ1) is 12.7. The maximum atomic E-state index is 12.2. The van der Waals surface area contributed by atoms with E-state index in [-0.39, 0.29) is 12.5 Å². The first-order valence-corrected chi connectivity index (χ1v) is 6.40. The second-order valence-corrected chi connectivity index (χ2v) is 4.64. The summed E-state index contributed by atoms with van der Waals surface area (Å²) in [5.41, 5.74) is 7.14. The molecule has 2 N–H and O–H groups in total. The highest BCUT2D eigenvalue weighted by molar-refractivity contribution is 5.87. The number of nitrogens with two attached hydrogens (primary N) is 1. The third-order valence-corrected chi connectivity index (χ3v) is 3.37. The van der Waals surface area contributed by atoms with Crippen molar-refractivity contribution in [2.75, 3.05) is 32.0 Å². The molecule has 3 rings (SSSR count). The van der Waals surface area contributed by atoms with E-state index < -0.39 is 5.76 Å². The van der Waals surface area contributed by atoms with Gasteiger partial charge in [0.25, 0.3) is 0 Å². The van der Waals surface area contributed by atoms with Gasteiger partial charge in [0.2, 0.25) is 5.91 Å². The van der Waals surface area contributed by atoms with Crippen LogP contribution in [0.25, 0.3) is 11.1 Å². The number of aromatic nitrogens is 1. The highest BCUT2D eigenvalue weighted by atomic mass is 16.5. The van der Waals surface area contributed by atoms with Gasteiger partial charge in [-0.15, -0.1) is 0 Å². The number of oxazole rings is 1. The van der Waals surface area contributed by atoms with Crippen molar-refractivity contribution >= 4 is 22.7 Å². The van der Waals surface area contributed by atoms with Crippen LogP contribution < -0.4 is 11.5 Å². The van der Waals surface area contributed by atoms with E-state index in [1.54, 1.807) is 23.1 Å². The summed E-state index contributed by atoms with van der Waals surface area (Å²) < 4.78 is 11.6. The van der Waals surface area contributed by atoms with Gasteiger partial charge < -0.3 is 19.8 Å². The summed E-state index contributed by atoms with van der Waals surface area (Å²) in [6.07, 6.45) is 0. The van der Waals surface area contributed by atoms with Crippen LogP contribution in [0.5, 0.6) is 0 Å². The molecule has 106 valence electrons. The fraction of sp³-hybridized carbons (Fsp3) is 0.385. The molecule has 0 spiro atoms. The summed E-state index contributed by atoms with van der Waals surface area (Å²) >= 11 is 0. The van der Waals surface area contributed by atoms with Crippen LogP contribution >= 0.6 is 0 Å². The van der Waals surface area contributed by atoms with E-state index in [4.69, 9.17) is 14.9 Å². The SMILES string of the molecule is Nc1cccc2oc(=O)n(CC(=O)N3CCOCC3)c12. The third-order valence-electron chi connectivity index (χ3n) is 3.37. The second kappa shape index (κ2) is 5.01. The van der Waals surface area contributed by atoms with Gasteiger partial charge in [0.1, 0.15) is 12.1 Å². The summed E-state index contributed by atoms with van der Waals surface area (Å²) in [7, 11) is 0. The van der Waals surface area contributed by atoms with Crippen molar-refractivity contribution in [3.8, 4) is 0 Å². The summed E-state index contributed by atoms with van der Waals surface area (Å²) in [4.78, 5) is 25.7. The molecule has 1 aliphatic rings. The van der Waals surface area contributed by atoms with Crippen LogP contribution in [0.1, 0.15) is 0 Å². The molecule has 1 aromatic heterocycles. The Balaban J connectivity index is 1.92. The molecule has 0 aliphatic carbocycles. The summed E-state index contributed by atoms with van der Waals surface area (Å²) in [6.45, 7) is 2.06. The minimum atomic E-state index is -0.570. The number of nitrogen functional groups attached to an aromatic ring is 1. The number of hydrogen-bond donors (Lipinski definition) is 1.